The van der Waals surface area contributed by atoms with Gasteiger partial charge < -0.3 is 15.4 Å². The third-order valence-corrected chi connectivity index (χ3v) is 5.05. The zero-order chi connectivity index (χ0) is 14.4. The average Bonchev–Trinajstić information content (AvgIpc) is 3.01. The van der Waals surface area contributed by atoms with E-state index in [2.05, 4.69) is 6.92 Å². The van der Waals surface area contributed by atoms with Gasteiger partial charge in [-0.3, -0.25) is 4.79 Å². The number of hydrogen-bond donors (Lipinski definition) is 1. The lowest BCUT2D eigenvalue weighted by molar-refractivity contribution is -0.145. The number of hydrogen-bond acceptors (Lipinski definition) is 3. The lowest BCUT2D eigenvalue weighted by atomic mass is 9.77. The van der Waals surface area contributed by atoms with Crippen LogP contribution in [0.1, 0.15) is 58.3 Å². The van der Waals surface area contributed by atoms with Crippen molar-refractivity contribution in [3.05, 3.63) is 0 Å². The van der Waals surface area contributed by atoms with E-state index in [1.54, 1.807) is 0 Å². The Hall–Kier alpha value is -0.610. The Morgan fingerprint density at radius 1 is 1.30 bits per heavy atom. The first kappa shape index (κ1) is 15.8. The molecule has 2 aliphatic rings. The number of carbonyl (C=O) groups excluding carboxylic acids is 1. The fraction of sp³-hybridized carbons (Fsp3) is 0.938. The molecule has 116 valence electrons. The predicted octanol–water partition coefficient (Wildman–Crippen LogP) is 2.31. The van der Waals surface area contributed by atoms with Crippen LogP contribution < -0.4 is 5.73 Å². The number of ether oxygens (including phenoxy) is 1. The summed E-state index contributed by atoms with van der Waals surface area (Å²) in [5.41, 5.74) is 5.71. The molecule has 1 saturated carbocycles. The van der Waals surface area contributed by atoms with Gasteiger partial charge in [0, 0.05) is 19.6 Å². The van der Waals surface area contributed by atoms with Crippen LogP contribution >= 0.6 is 0 Å². The van der Waals surface area contributed by atoms with Crippen molar-refractivity contribution in [3.63, 3.8) is 0 Å². The van der Waals surface area contributed by atoms with E-state index in [0.717, 1.165) is 44.7 Å². The Kier molecular flexibility index (Phi) is 5.85. The first-order valence-corrected chi connectivity index (χ1v) is 8.31. The summed E-state index contributed by atoms with van der Waals surface area (Å²) >= 11 is 0. The van der Waals surface area contributed by atoms with Crippen LogP contribution in [0.15, 0.2) is 0 Å². The maximum Gasteiger partial charge on any atom is 0.248 e. The summed E-state index contributed by atoms with van der Waals surface area (Å²) in [6.07, 6.45) is 9.26. The highest BCUT2D eigenvalue weighted by molar-refractivity contribution is 5.77. The van der Waals surface area contributed by atoms with Gasteiger partial charge in [0.15, 0.2) is 0 Å². The van der Waals surface area contributed by atoms with E-state index in [9.17, 15) is 4.79 Å². The highest BCUT2D eigenvalue weighted by atomic mass is 16.5. The number of rotatable bonds is 6. The molecule has 0 radical (unpaired) electrons. The standard InChI is InChI=1S/C16H30N2O2/c1-2-5-14-6-8-16(13-17,9-7-14)20-12-15(19)18-10-3-4-11-18/h14H,2-13,17H2,1H3. The van der Waals surface area contributed by atoms with Crippen molar-refractivity contribution in [2.24, 2.45) is 11.7 Å². The molecule has 4 heteroatoms. The van der Waals surface area contributed by atoms with E-state index < -0.39 is 0 Å². The van der Waals surface area contributed by atoms with Gasteiger partial charge in [-0.15, -0.1) is 0 Å². The summed E-state index contributed by atoms with van der Waals surface area (Å²) in [5.74, 6) is 0.976. The minimum Gasteiger partial charge on any atom is -0.364 e. The van der Waals surface area contributed by atoms with Gasteiger partial charge in [-0.2, -0.15) is 0 Å². The minimum atomic E-state index is -0.236. The number of nitrogens with zero attached hydrogens (tertiary/aromatic N) is 1. The highest BCUT2D eigenvalue weighted by Crippen LogP contribution is 2.36. The summed E-state index contributed by atoms with van der Waals surface area (Å²) in [6.45, 7) is 4.80. The first-order valence-electron chi connectivity index (χ1n) is 8.31. The van der Waals surface area contributed by atoms with E-state index in [-0.39, 0.29) is 18.1 Å². The van der Waals surface area contributed by atoms with Gasteiger partial charge >= 0.3 is 0 Å². The molecule has 20 heavy (non-hydrogen) atoms. The van der Waals surface area contributed by atoms with Gasteiger partial charge in [-0.05, 0) is 44.4 Å². The van der Waals surface area contributed by atoms with Gasteiger partial charge in [0.25, 0.3) is 0 Å². The molecule has 0 spiro atoms. The first-order chi connectivity index (χ1) is 9.69. The van der Waals surface area contributed by atoms with Crippen LogP contribution in [0.3, 0.4) is 0 Å². The summed E-state index contributed by atoms with van der Waals surface area (Å²) in [7, 11) is 0. The molecular formula is C16H30N2O2. The van der Waals surface area contributed by atoms with E-state index in [1.165, 1.54) is 25.7 Å². The van der Waals surface area contributed by atoms with Gasteiger partial charge in [0.05, 0.1) is 5.60 Å². The molecule has 1 saturated heterocycles. The second-order valence-electron chi connectivity index (χ2n) is 6.50. The Morgan fingerprint density at radius 2 is 1.95 bits per heavy atom. The molecule has 0 bridgehead atoms. The normalized spacial score (nSPS) is 30.7. The predicted molar refractivity (Wildman–Crippen MR) is 80.4 cm³/mol. The maximum atomic E-state index is 12.1. The van der Waals surface area contributed by atoms with Crippen LogP contribution in [0.5, 0.6) is 0 Å². The summed E-state index contributed by atoms with van der Waals surface area (Å²) in [5, 5.41) is 0. The lowest BCUT2D eigenvalue weighted by Crippen LogP contribution is -2.46. The van der Waals surface area contributed by atoms with Gasteiger partial charge in [0.2, 0.25) is 5.91 Å². The van der Waals surface area contributed by atoms with Crippen LogP contribution in [0.4, 0.5) is 0 Å². The van der Waals surface area contributed by atoms with E-state index in [0.29, 0.717) is 6.54 Å². The molecule has 1 heterocycles. The van der Waals surface area contributed by atoms with Crippen LogP contribution in [-0.2, 0) is 9.53 Å². The second-order valence-corrected chi connectivity index (χ2v) is 6.50. The molecule has 1 amide bonds. The Balaban J connectivity index is 1.78. The fourth-order valence-corrected chi connectivity index (χ4v) is 3.58. The van der Waals surface area contributed by atoms with Crippen molar-refractivity contribution < 1.29 is 9.53 Å². The molecule has 2 rings (SSSR count). The Morgan fingerprint density at radius 3 is 2.50 bits per heavy atom. The number of carbonyl (C=O) groups is 1. The molecule has 0 aromatic carbocycles. The summed E-state index contributed by atoms with van der Waals surface area (Å²) in [4.78, 5) is 14.0. The van der Waals surface area contributed by atoms with E-state index in [4.69, 9.17) is 10.5 Å². The van der Waals surface area contributed by atoms with Crippen LogP contribution in [0.2, 0.25) is 0 Å². The van der Waals surface area contributed by atoms with Crippen molar-refractivity contribution >= 4 is 5.91 Å². The zero-order valence-corrected chi connectivity index (χ0v) is 12.9. The zero-order valence-electron chi connectivity index (χ0n) is 12.9. The van der Waals surface area contributed by atoms with Crippen molar-refractivity contribution in [1.82, 2.24) is 4.90 Å². The van der Waals surface area contributed by atoms with Crippen LogP contribution in [-0.4, -0.2) is 42.6 Å². The number of likely N-dealkylation sites (tertiary alicyclic amines) is 1. The van der Waals surface area contributed by atoms with Crippen LogP contribution in [0, 0.1) is 5.92 Å². The SMILES string of the molecule is CCCC1CCC(CN)(OCC(=O)N2CCCC2)CC1. The molecular weight excluding hydrogens is 252 g/mol. The summed E-state index contributed by atoms with van der Waals surface area (Å²) < 4.78 is 6.00. The lowest BCUT2D eigenvalue weighted by Gasteiger charge is -2.39. The molecule has 0 unspecified atom stereocenters. The van der Waals surface area contributed by atoms with Crippen LogP contribution in [0.25, 0.3) is 0 Å². The minimum absolute atomic E-state index is 0.144. The molecule has 0 aromatic heterocycles. The van der Waals surface area contributed by atoms with E-state index >= 15 is 0 Å². The van der Waals surface area contributed by atoms with Crippen molar-refractivity contribution in [3.8, 4) is 0 Å². The molecule has 4 nitrogen and oxygen atoms in total. The van der Waals surface area contributed by atoms with Gasteiger partial charge in [-0.1, -0.05) is 19.8 Å². The Bertz CT molecular complexity index is 306. The van der Waals surface area contributed by atoms with E-state index in [1.807, 2.05) is 4.90 Å². The second kappa shape index (κ2) is 7.41. The topological polar surface area (TPSA) is 55.6 Å². The molecule has 2 N–H and O–H groups in total. The number of amides is 1. The molecule has 0 atom stereocenters. The molecule has 2 fully saturated rings. The highest BCUT2D eigenvalue weighted by Gasteiger charge is 2.35. The smallest absolute Gasteiger partial charge is 0.248 e. The molecule has 0 aromatic rings. The van der Waals surface area contributed by atoms with Crippen molar-refractivity contribution in [2.45, 2.75) is 63.9 Å². The largest absolute Gasteiger partial charge is 0.364 e. The van der Waals surface area contributed by atoms with Gasteiger partial charge in [0.1, 0.15) is 6.61 Å². The van der Waals surface area contributed by atoms with Crippen molar-refractivity contribution in [2.75, 3.05) is 26.2 Å². The quantitative estimate of drug-likeness (QED) is 0.813. The fourth-order valence-electron chi connectivity index (χ4n) is 3.58. The third-order valence-electron chi connectivity index (χ3n) is 5.05. The monoisotopic (exact) mass is 282 g/mol. The van der Waals surface area contributed by atoms with Crippen molar-refractivity contribution in [1.29, 1.82) is 0 Å². The molecule has 1 aliphatic heterocycles. The molecule has 1 aliphatic carbocycles. The number of nitrogens with two attached hydrogens (primary N) is 1. The average molecular weight is 282 g/mol. The van der Waals surface area contributed by atoms with Gasteiger partial charge in [-0.25, -0.2) is 0 Å². The Labute approximate surface area is 123 Å². The summed E-state index contributed by atoms with van der Waals surface area (Å²) in [6, 6.07) is 0. The maximum absolute atomic E-state index is 12.1. The third kappa shape index (κ3) is 3.95.